The number of ether oxygens (including phenoxy) is 1. The lowest BCUT2D eigenvalue weighted by Crippen LogP contribution is -2.07. The molecule has 1 aromatic carbocycles. The van der Waals surface area contributed by atoms with Gasteiger partial charge in [-0.3, -0.25) is 0 Å². The molecule has 16 heavy (non-hydrogen) atoms. The van der Waals surface area contributed by atoms with Crippen LogP contribution in [0.5, 0.6) is 5.75 Å². The van der Waals surface area contributed by atoms with E-state index in [4.69, 9.17) is 15.6 Å². The van der Waals surface area contributed by atoms with Crippen LogP contribution < -0.4 is 10.5 Å². The zero-order chi connectivity index (χ0) is 12.0. The Balaban J connectivity index is 2.73. The summed E-state index contributed by atoms with van der Waals surface area (Å²) in [5.41, 5.74) is 6.18. The zero-order valence-electron chi connectivity index (χ0n) is 9.40. The first-order valence-corrected chi connectivity index (χ1v) is 5.41. The van der Waals surface area contributed by atoms with Crippen LogP contribution in [0.25, 0.3) is 0 Å². The molecule has 0 atom stereocenters. The number of carboxylic acids is 1. The number of unbranched alkanes of at least 4 members (excludes halogenated alkanes) is 2. The fraction of sp³-hybridized carbons (Fsp3) is 0.417. The Morgan fingerprint density at radius 2 is 2.19 bits per heavy atom. The molecule has 0 heterocycles. The summed E-state index contributed by atoms with van der Waals surface area (Å²) in [6.07, 6.45) is 3.07. The number of anilines is 1. The average molecular weight is 223 g/mol. The number of nitrogens with two attached hydrogens (primary N) is 1. The van der Waals surface area contributed by atoms with Gasteiger partial charge in [-0.15, -0.1) is 0 Å². The lowest BCUT2D eigenvalue weighted by atomic mass is 10.1. The van der Waals surface area contributed by atoms with E-state index in [1.165, 1.54) is 6.07 Å². The number of benzene rings is 1. The molecule has 1 rings (SSSR count). The highest BCUT2D eigenvalue weighted by Gasteiger charge is 2.13. The predicted molar refractivity (Wildman–Crippen MR) is 62.8 cm³/mol. The van der Waals surface area contributed by atoms with Gasteiger partial charge < -0.3 is 15.6 Å². The second kappa shape index (κ2) is 6.00. The number of nitrogen functional groups attached to an aromatic ring is 1. The van der Waals surface area contributed by atoms with Gasteiger partial charge in [0.05, 0.1) is 12.3 Å². The summed E-state index contributed by atoms with van der Waals surface area (Å²) in [5.74, 6) is -0.733. The summed E-state index contributed by atoms with van der Waals surface area (Å²) in [4.78, 5) is 10.9. The molecule has 0 saturated heterocycles. The number of hydrogen-bond acceptors (Lipinski definition) is 3. The molecule has 0 fully saturated rings. The molecule has 0 aliphatic carbocycles. The van der Waals surface area contributed by atoms with Crippen LogP contribution in [0.15, 0.2) is 18.2 Å². The monoisotopic (exact) mass is 223 g/mol. The Hall–Kier alpha value is -1.71. The standard InChI is InChI=1S/C12H17NO3/c1-2-3-4-8-16-11-9(12(14)15)6-5-7-10(11)13/h5-7H,2-4,8,13H2,1H3,(H,14,15). The van der Waals surface area contributed by atoms with Crippen molar-refractivity contribution in [1.82, 2.24) is 0 Å². The van der Waals surface area contributed by atoms with Gasteiger partial charge in [-0.2, -0.15) is 0 Å². The van der Waals surface area contributed by atoms with E-state index in [0.29, 0.717) is 12.3 Å². The lowest BCUT2D eigenvalue weighted by molar-refractivity contribution is 0.0692. The van der Waals surface area contributed by atoms with Crippen molar-refractivity contribution < 1.29 is 14.6 Å². The van der Waals surface area contributed by atoms with Crippen molar-refractivity contribution >= 4 is 11.7 Å². The minimum Gasteiger partial charge on any atom is -0.491 e. The number of carboxylic acid groups (broad SMARTS) is 1. The van der Waals surface area contributed by atoms with E-state index in [0.717, 1.165) is 19.3 Å². The fourth-order valence-corrected chi connectivity index (χ4v) is 1.41. The van der Waals surface area contributed by atoms with Crippen LogP contribution in [0.2, 0.25) is 0 Å². The maximum Gasteiger partial charge on any atom is 0.339 e. The second-order valence-corrected chi connectivity index (χ2v) is 3.58. The summed E-state index contributed by atoms with van der Waals surface area (Å²) < 4.78 is 5.43. The molecule has 3 N–H and O–H groups in total. The molecule has 0 spiro atoms. The number of hydrogen-bond donors (Lipinski definition) is 2. The van der Waals surface area contributed by atoms with Crippen LogP contribution in [0.1, 0.15) is 36.5 Å². The molecule has 4 nitrogen and oxygen atoms in total. The molecule has 0 radical (unpaired) electrons. The van der Waals surface area contributed by atoms with Crippen molar-refractivity contribution in [3.63, 3.8) is 0 Å². The number of rotatable bonds is 6. The Morgan fingerprint density at radius 3 is 2.81 bits per heavy atom. The van der Waals surface area contributed by atoms with Gasteiger partial charge in [0.25, 0.3) is 0 Å². The molecular formula is C12H17NO3. The quantitative estimate of drug-likeness (QED) is 0.574. The van der Waals surface area contributed by atoms with Crippen molar-refractivity contribution in [2.75, 3.05) is 12.3 Å². The third kappa shape index (κ3) is 3.15. The predicted octanol–water partition coefficient (Wildman–Crippen LogP) is 2.54. The van der Waals surface area contributed by atoms with Gasteiger partial charge >= 0.3 is 5.97 Å². The first kappa shape index (κ1) is 12.4. The van der Waals surface area contributed by atoms with Crippen molar-refractivity contribution in [2.45, 2.75) is 26.2 Å². The topological polar surface area (TPSA) is 72.5 Å². The van der Waals surface area contributed by atoms with Crippen LogP contribution in [-0.4, -0.2) is 17.7 Å². The highest BCUT2D eigenvalue weighted by atomic mass is 16.5. The van der Waals surface area contributed by atoms with E-state index in [2.05, 4.69) is 6.92 Å². The molecule has 0 aliphatic heterocycles. The highest BCUT2D eigenvalue weighted by Crippen LogP contribution is 2.26. The molecule has 0 aromatic heterocycles. The van der Waals surface area contributed by atoms with E-state index in [-0.39, 0.29) is 11.3 Å². The third-order valence-electron chi connectivity index (χ3n) is 2.27. The summed E-state index contributed by atoms with van der Waals surface area (Å²) in [6, 6.07) is 4.74. The minimum atomic E-state index is -1.02. The molecular weight excluding hydrogens is 206 g/mol. The van der Waals surface area contributed by atoms with Gasteiger partial charge in [0, 0.05) is 0 Å². The normalized spacial score (nSPS) is 10.1. The Kier molecular flexibility index (Phi) is 4.64. The van der Waals surface area contributed by atoms with Gasteiger partial charge in [-0.1, -0.05) is 25.8 Å². The second-order valence-electron chi connectivity index (χ2n) is 3.58. The van der Waals surface area contributed by atoms with Gasteiger partial charge in [-0.25, -0.2) is 4.79 Å². The molecule has 0 aliphatic rings. The van der Waals surface area contributed by atoms with E-state index in [9.17, 15) is 4.79 Å². The molecule has 0 amide bonds. The van der Waals surface area contributed by atoms with Crippen LogP contribution in [0, 0.1) is 0 Å². The van der Waals surface area contributed by atoms with Crippen molar-refractivity contribution in [1.29, 1.82) is 0 Å². The fourth-order valence-electron chi connectivity index (χ4n) is 1.41. The van der Waals surface area contributed by atoms with E-state index in [1.807, 2.05) is 0 Å². The van der Waals surface area contributed by atoms with E-state index in [1.54, 1.807) is 12.1 Å². The van der Waals surface area contributed by atoms with Crippen molar-refractivity contribution in [3.8, 4) is 5.75 Å². The van der Waals surface area contributed by atoms with Crippen molar-refractivity contribution in [2.24, 2.45) is 0 Å². The third-order valence-corrected chi connectivity index (χ3v) is 2.27. The highest BCUT2D eigenvalue weighted by molar-refractivity contribution is 5.93. The SMILES string of the molecule is CCCCCOc1c(N)cccc1C(=O)O. The van der Waals surface area contributed by atoms with Gasteiger partial charge in [-0.05, 0) is 18.6 Å². The summed E-state index contributed by atoms with van der Waals surface area (Å²) in [7, 11) is 0. The minimum absolute atomic E-state index is 0.122. The molecule has 0 bridgehead atoms. The first-order valence-electron chi connectivity index (χ1n) is 5.41. The van der Waals surface area contributed by atoms with E-state index >= 15 is 0 Å². The molecule has 88 valence electrons. The van der Waals surface area contributed by atoms with E-state index < -0.39 is 5.97 Å². The summed E-state index contributed by atoms with van der Waals surface area (Å²) >= 11 is 0. The van der Waals surface area contributed by atoms with Crippen LogP contribution >= 0.6 is 0 Å². The first-order chi connectivity index (χ1) is 7.66. The Morgan fingerprint density at radius 1 is 1.44 bits per heavy atom. The Bertz CT molecular complexity index is 363. The maximum atomic E-state index is 10.9. The van der Waals surface area contributed by atoms with Crippen LogP contribution in [-0.2, 0) is 0 Å². The Labute approximate surface area is 95.0 Å². The molecule has 4 heteroatoms. The summed E-state index contributed by atoms with van der Waals surface area (Å²) in [6.45, 7) is 2.60. The van der Waals surface area contributed by atoms with Gasteiger partial charge in [0.2, 0.25) is 0 Å². The largest absolute Gasteiger partial charge is 0.491 e. The number of aromatic carboxylic acids is 1. The number of para-hydroxylation sites is 1. The zero-order valence-corrected chi connectivity index (χ0v) is 9.40. The molecule has 1 aromatic rings. The molecule has 0 saturated carbocycles. The van der Waals surface area contributed by atoms with Gasteiger partial charge in [0.1, 0.15) is 5.56 Å². The lowest BCUT2D eigenvalue weighted by Gasteiger charge is -2.11. The van der Waals surface area contributed by atoms with Gasteiger partial charge in [0.15, 0.2) is 5.75 Å². The average Bonchev–Trinajstić information content (AvgIpc) is 2.25. The van der Waals surface area contributed by atoms with Crippen LogP contribution in [0.3, 0.4) is 0 Å². The number of carbonyl (C=O) groups is 1. The van der Waals surface area contributed by atoms with Crippen molar-refractivity contribution in [3.05, 3.63) is 23.8 Å². The summed E-state index contributed by atoms with van der Waals surface area (Å²) in [5, 5.41) is 8.96. The molecule has 0 unspecified atom stereocenters. The maximum absolute atomic E-state index is 10.9. The van der Waals surface area contributed by atoms with Crippen LogP contribution in [0.4, 0.5) is 5.69 Å². The smallest absolute Gasteiger partial charge is 0.339 e.